The molecule has 1 aromatic rings. The Morgan fingerprint density at radius 2 is 2.00 bits per heavy atom. The molecule has 116 valence electrons. The largest absolute Gasteiger partial charge is 0.493 e. The maximum atomic E-state index is 12.3. The van der Waals surface area contributed by atoms with E-state index in [1.807, 2.05) is 6.07 Å². The van der Waals surface area contributed by atoms with Crippen molar-refractivity contribution in [2.24, 2.45) is 0 Å². The number of carbonyl (C=O) groups is 1. The molecule has 0 unspecified atom stereocenters. The summed E-state index contributed by atoms with van der Waals surface area (Å²) in [4.78, 5) is 12.3. The average molecular weight is 301 g/mol. The molecule has 0 spiro atoms. The van der Waals surface area contributed by atoms with Gasteiger partial charge in [0.15, 0.2) is 11.5 Å². The van der Waals surface area contributed by atoms with Gasteiger partial charge >= 0.3 is 5.97 Å². The van der Waals surface area contributed by atoms with Crippen LogP contribution >= 0.6 is 0 Å². The molecule has 22 heavy (non-hydrogen) atoms. The van der Waals surface area contributed by atoms with E-state index in [9.17, 15) is 4.79 Å². The van der Waals surface area contributed by atoms with Crippen LogP contribution in [0.1, 0.15) is 34.7 Å². The van der Waals surface area contributed by atoms with Gasteiger partial charge < -0.3 is 19.5 Å². The van der Waals surface area contributed by atoms with Crippen LogP contribution in [-0.2, 0) is 4.74 Å². The first-order valence-electron chi connectivity index (χ1n) is 7.62. The second-order valence-corrected chi connectivity index (χ2v) is 5.96. The molecule has 4 rings (SSSR count). The van der Waals surface area contributed by atoms with E-state index in [1.165, 1.54) is 5.57 Å². The SMILES string of the molecule is COc1cc2c(cc1OC)[C@@H]1[C@@H]3NCCC3=CC[C@H]1OC2=O. The van der Waals surface area contributed by atoms with Gasteiger partial charge in [0.25, 0.3) is 0 Å². The normalized spacial score (nSPS) is 28.9. The molecular weight excluding hydrogens is 282 g/mol. The highest BCUT2D eigenvalue weighted by Crippen LogP contribution is 2.45. The maximum absolute atomic E-state index is 12.3. The number of fused-ring (bicyclic) bond motifs is 5. The van der Waals surface area contributed by atoms with Crippen LogP contribution in [0.4, 0.5) is 0 Å². The van der Waals surface area contributed by atoms with Crippen LogP contribution in [0.3, 0.4) is 0 Å². The van der Waals surface area contributed by atoms with Crippen LogP contribution < -0.4 is 14.8 Å². The second kappa shape index (κ2) is 5.02. The zero-order valence-electron chi connectivity index (χ0n) is 12.7. The highest BCUT2D eigenvalue weighted by atomic mass is 16.5. The van der Waals surface area contributed by atoms with Crippen molar-refractivity contribution in [2.45, 2.75) is 30.9 Å². The van der Waals surface area contributed by atoms with Crippen molar-refractivity contribution in [3.8, 4) is 11.5 Å². The lowest BCUT2D eigenvalue weighted by Gasteiger charge is -2.39. The van der Waals surface area contributed by atoms with Crippen LogP contribution in [0.5, 0.6) is 11.5 Å². The van der Waals surface area contributed by atoms with Gasteiger partial charge in [-0.3, -0.25) is 0 Å². The van der Waals surface area contributed by atoms with Crippen molar-refractivity contribution in [1.29, 1.82) is 0 Å². The minimum absolute atomic E-state index is 0.0996. The highest BCUT2D eigenvalue weighted by molar-refractivity contribution is 5.94. The fourth-order valence-corrected chi connectivity index (χ4v) is 3.92. The molecule has 2 aliphatic heterocycles. The fraction of sp³-hybridized carbons (Fsp3) is 0.471. The number of ether oxygens (including phenoxy) is 3. The van der Waals surface area contributed by atoms with Crippen LogP contribution in [0.2, 0.25) is 0 Å². The number of carbonyl (C=O) groups excluding carboxylic acids is 1. The fourth-order valence-electron chi connectivity index (χ4n) is 3.92. The van der Waals surface area contributed by atoms with E-state index in [0.29, 0.717) is 17.1 Å². The monoisotopic (exact) mass is 301 g/mol. The third-order valence-electron chi connectivity index (χ3n) is 4.94. The summed E-state index contributed by atoms with van der Waals surface area (Å²) in [5.41, 5.74) is 3.03. The quantitative estimate of drug-likeness (QED) is 0.669. The van der Waals surface area contributed by atoms with Crippen LogP contribution in [-0.4, -0.2) is 38.9 Å². The van der Waals surface area contributed by atoms with Crippen LogP contribution in [0.25, 0.3) is 0 Å². The number of rotatable bonds is 2. The lowest BCUT2D eigenvalue weighted by molar-refractivity contribution is 0.0141. The first kappa shape index (κ1) is 13.6. The Morgan fingerprint density at radius 1 is 1.23 bits per heavy atom. The van der Waals surface area contributed by atoms with E-state index in [-0.39, 0.29) is 24.0 Å². The topological polar surface area (TPSA) is 56.8 Å². The summed E-state index contributed by atoms with van der Waals surface area (Å²) in [6.07, 6.45) is 3.99. The van der Waals surface area contributed by atoms with E-state index in [1.54, 1.807) is 20.3 Å². The Morgan fingerprint density at radius 3 is 2.77 bits per heavy atom. The smallest absolute Gasteiger partial charge is 0.338 e. The zero-order valence-corrected chi connectivity index (χ0v) is 12.7. The molecule has 3 aliphatic rings. The Bertz CT molecular complexity index is 667. The van der Waals surface area contributed by atoms with Gasteiger partial charge in [-0.15, -0.1) is 0 Å². The summed E-state index contributed by atoms with van der Waals surface area (Å²) in [7, 11) is 3.18. The van der Waals surface area contributed by atoms with Gasteiger partial charge in [0.1, 0.15) is 6.10 Å². The van der Waals surface area contributed by atoms with Gasteiger partial charge in [-0.1, -0.05) is 11.6 Å². The number of nitrogens with one attached hydrogen (secondary N) is 1. The van der Waals surface area contributed by atoms with Crippen molar-refractivity contribution in [3.63, 3.8) is 0 Å². The predicted molar refractivity (Wildman–Crippen MR) is 80.6 cm³/mol. The second-order valence-electron chi connectivity index (χ2n) is 5.96. The summed E-state index contributed by atoms with van der Waals surface area (Å²) >= 11 is 0. The van der Waals surface area contributed by atoms with E-state index in [4.69, 9.17) is 14.2 Å². The molecule has 1 aliphatic carbocycles. The molecular formula is C17H19NO4. The highest BCUT2D eigenvalue weighted by Gasteiger charge is 2.45. The first-order valence-corrected chi connectivity index (χ1v) is 7.62. The van der Waals surface area contributed by atoms with Gasteiger partial charge in [-0.25, -0.2) is 4.79 Å². The van der Waals surface area contributed by atoms with E-state index < -0.39 is 0 Å². The molecule has 5 nitrogen and oxygen atoms in total. The lowest BCUT2D eigenvalue weighted by Crippen LogP contribution is -2.44. The van der Waals surface area contributed by atoms with Crippen molar-refractivity contribution in [1.82, 2.24) is 5.32 Å². The standard InChI is InChI=1S/C17H19NO4/c1-20-13-7-10-11(8-14(13)21-2)17(19)22-12-4-3-9-5-6-18-16(9)15(10)12/h3,7-8,12,15-16,18H,4-6H2,1-2H3/t12-,15+,16-/m1/s1. The Kier molecular flexibility index (Phi) is 3.11. The number of hydrogen-bond donors (Lipinski definition) is 1. The average Bonchev–Trinajstić information content (AvgIpc) is 3.02. The van der Waals surface area contributed by atoms with Gasteiger partial charge in [-0.2, -0.15) is 0 Å². The molecule has 0 amide bonds. The van der Waals surface area contributed by atoms with E-state index in [0.717, 1.165) is 24.9 Å². The molecule has 1 N–H and O–H groups in total. The third-order valence-corrected chi connectivity index (χ3v) is 4.94. The van der Waals surface area contributed by atoms with Crippen molar-refractivity contribution in [2.75, 3.05) is 20.8 Å². The lowest BCUT2D eigenvalue weighted by atomic mass is 9.75. The van der Waals surface area contributed by atoms with Crippen LogP contribution in [0, 0.1) is 0 Å². The predicted octanol–water partition coefficient (Wildman–Crippen LogP) is 2.02. The van der Waals surface area contributed by atoms with Crippen molar-refractivity contribution in [3.05, 3.63) is 34.9 Å². The molecule has 0 bridgehead atoms. The maximum Gasteiger partial charge on any atom is 0.338 e. The molecule has 1 aromatic carbocycles. The number of methoxy groups -OCH3 is 2. The summed E-state index contributed by atoms with van der Waals surface area (Å²) in [6, 6.07) is 3.93. The number of benzene rings is 1. The summed E-state index contributed by atoms with van der Waals surface area (Å²) in [5.74, 6) is 1.09. The Balaban J connectivity index is 1.86. The molecule has 2 heterocycles. The number of esters is 1. The third kappa shape index (κ3) is 1.85. The Hall–Kier alpha value is -2.01. The Labute approximate surface area is 129 Å². The van der Waals surface area contributed by atoms with Crippen LogP contribution in [0.15, 0.2) is 23.8 Å². The van der Waals surface area contributed by atoms with Crippen molar-refractivity contribution < 1.29 is 19.0 Å². The molecule has 3 atom stereocenters. The molecule has 0 aromatic heterocycles. The molecule has 0 saturated carbocycles. The van der Waals surface area contributed by atoms with E-state index in [2.05, 4.69) is 11.4 Å². The van der Waals surface area contributed by atoms with Gasteiger partial charge in [0.05, 0.1) is 19.8 Å². The number of hydrogen-bond acceptors (Lipinski definition) is 5. The van der Waals surface area contributed by atoms with Crippen molar-refractivity contribution >= 4 is 5.97 Å². The van der Waals surface area contributed by atoms with Gasteiger partial charge in [0, 0.05) is 18.4 Å². The first-order chi connectivity index (χ1) is 10.7. The molecule has 5 heteroatoms. The summed E-state index contributed by atoms with van der Waals surface area (Å²) < 4.78 is 16.4. The zero-order chi connectivity index (χ0) is 15.3. The summed E-state index contributed by atoms with van der Waals surface area (Å²) in [5, 5.41) is 3.55. The van der Waals surface area contributed by atoms with E-state index >= 15 is 0 Å². The minimum atomic E-state index is -0.271. The molecule has 1 fully saturated rings. The molecule has 1 saturated heterocycles. The van der Waals surface area contributed by atoms with Gasteiger partial charge in [0.2, 0.25) is 0 Å². The van der Waals surface area contributed by atoms with Gasteiger partial charge in [-0.05, 0) is 30.7 Å². The minimum Gasteiger partial charge on any atom is -0.493 e. The molecule has 0 radical (unpaired) electrons. The summed E-state index contributed by atoms with van der Waals surface area (Å²) in [6.45, 7) is 0.982.